The van der Waals surface area contributed by atoms with Gasteiger partial charge in [-0.1, -0.05) is 160 Å². The molecule has 0 aliphatic rings. The lowest BCUT2D eigenvalue weighted by molar-refractivity contribution is -0.870. The van der Waals surface area contributed by atoms with E-state index in [1.54, 1.807) is 6.08 Å². The topological polar surface area (TPSA) is 108 Å². The zero-order chi connectivity index (χ0) is 36.5. The number of carbonyl (C=O) groups excluding carboxylic acids is 1. The van der Waals surface area contributed by atoms with Gasteiger partial charge in [-0.15, -0.1) is 0 Å². The summed E-state index contributed by atoms with van der Waals surface area (Å²) in [7, 11) is 1.25. The molecule has 0 spiro atoms. The second kappa shape index (κ2) is 32.9. The molecule has 8 nitrogen and oxygen atoms in total. The molecule has 0 bridgehead atoms. The van der Waals surface area contributed by atoms with E-state index in [1.165, 1.54) is 116 Å². The second-order valence-electron chi connectivity index (χ2n) is 15.0. The van der Waals surface area contributed by atoms with Gasteiger partial charge < -0.3 is 28.8 Å². The van der Waals surface area contributed by atoms with Crippen molar-refractivity contribution in [3.63, 3.8) is 0 Å². The highest BCUT2D eigenvalue weighted by molar-refractivity contribution is 7.45. The van der Waals surface area contributed by atoms with Crippen molar-refractivity contribution in [2.24, 2.45) is 0 Å². The van der Waals surface area contributed by atoms with E-state index in [0.717, 1.165) is 38.5 Å². The van der Waals surface area contributed by atoms with Gasteiger partial charge in [0.2, 0.25) is 5.91 Å². The average Bonchev–Trinajstić information content (AvgIpc) is 3.04. The number of nitrogens with one attached hydrogen (secondary N) is 1. The van der Waals surface area contributed by atoms with Crippen LogP contribution in [0.3, 0.4) is 0 Å². The Bertz CT molecular complexity index is 860. The maximum atomic E-state index is 12.8. The molecule has 0 aromatic carbocycles. The fraction of sp³-hybridized carbons (Fsp3) is 0.875. The summed E-state index contributed by atoms with van der Waals surface area (Å²) in [4.78, 5) is 25.2. The highest BCUT2D eigenvalue weighted by Gasteiger charge is 2.23. The number of allylic oxidation sites excluding steroid dienone is 3. The third-order valence-electron chi connectivity index (χ3n) is 8.91. The van der Waals surface area contributed by atoms with Crippen molar-refractivity contribution in [1.82, 2.24) is 5.32 Å². The van der Waals surface area contributed by atoms with Gasteiger partial charge in [0.15, 0.2) is 0 Å². The lowest BCUT2D eigenvalue weighted by Crippen LogP contribution is -2.45. The normalized spacial score (nSPS) is 14.8. The number of amides is 1. The fourth-order valence-corrected chi connectivity index (χ4v) is 6.36. The molecule has 290 valence electrons. The Labute approximate surface area is 303 Å². The summed E-state index contributed by atoms with van der Waals surface area (Å²) in [5.41, 5.74) is 0. The third kappa shape index (κ3) is 35.2. The average molecular weight is 715 g/mol. The molecular weight excluding hydrogens is 635 g/mol. The van der Waals surface area contributed by atoms with Crippen LogP contribution in [0.1, 0.15) is 174 Å². The number of hydrogen-bond donors (Lipinski definition) is 2. The molecule has 3 atom stereocenters. The van der Waals surface area contributed by atoms with Gasteiger partial charge in [-0.25, -0.2) is 0 Å². The van der Waals surface area contributed by atoms with Crippen LogP contribution < -0.4 is 10.2 Å². The Morgan fingerprint density at radius 1 is 0.694 bits per heavy atom. The van der Waals surface area contributed by atoms with Crippen LogP contribution in [0.4, 0.5) is 0 Å². The van der Waals surface area contributed by atoms with E-state index in [0.29, 0.717) is 17.4 Å². The van der Waals surface area contributed by atoms with Crippen molar-refractivity contribution in [3.05, 3.63) is 24.3 Å². The molecular formula is C40H79N2O6P. The Hall–Kier alpha value is -1.02. The number of quaternary nitrogens is 1. The highest BCUT2D eigenvalue weighted by atomic mass is 31.2. The number of unbranched alkanes of at least 4 members (excludes halogenated alkanes) is 21. The summed E-state index contributed by atoms with van der Waals surface area (Å²) in [6, 6.07) is -0.896. The van der Waals surface area contributed by atoms with E-state index in [1.807, 2.05) is 27.2 Å². The van der Waals surface area contributed by atoms with E-state index in [9.17, 15) is 19.4 Å². The Balaban J connectivity index is 4.55. The SMILES string of the molecule is CCCCCCCCCC/C=C/CC/C=C/C(O)C(COP(=O)([O-])OCC[N+](C)(C)C)NC(=O)CCCCCCCCCCCCCCC. The molecule has 9 heteroatoms. The summed E-state index contributed by atoms with van der Waals surface area (Å²) in [6.07, 6.45) is 36.4. The van der Waals surface area contributed by atoms with E-state index >= 15 is 0 Å². The summed E-state index contributed by atoms with van der Waals surface area (Å²) >= 11 is 0. The van der Waals surface area contributed by atoms with Crippen LogP contribution in [0.2, 0.25) is 0 Å². The monoisotopic (exact) mass is 715 g/mol. The molecule has 0 aliphatic heterocycles. The third-order valence-corrected chi connectivity index (χ3v) is 9.88. The lowest BCUT2D eigenvalue weighted by Gasteiger charge is -2.29. The van der Waals surface area contributed by atoms with Gasteiger partial charge in [0.1, 0.15) is 13.2 Å². The highest BCUT2D eigenvalue weighted by Crippen LogP contribution is 2.38. The number of aliphatic hydroxyl groups is 1. The largest absolute Gasteiger partial charge is 0.756 e. The predicted molar refractivity (Wildman–Crippen MR) is 205 cm³/mol. The number of likely N-dealkylation sites (N-methyl/N-ethyl adjacent to an activating group) is 1. The maximum Gasteiger partial charge on any atom is 0.268 e. The van der Waals surface area contributed by atoms with Gasteiger partial charge in [-0.05, 0) is 32.1 Å². The Morgan fingerprint density at radius 3 is 1.65 bits per heavy atom. The van der Waals surface area contributed by atoms with E-state index in [4.69, 9.17) is 9.05 Å². The molecule has 0 saturated heterocycles. The molecule has 0 fully saturated rings. The maximum absolute atomic E-state index is 12.8. The van der Waals surface area contributed by atoms with Crippen LogP contribution in [-0.2, 0) is 18.4 Å². The first-order chi connectivity index (χ1) is 23.5. The van der Waals surface area contributed by atoms with Crippen LogP contribution in [0.25, 0.3) is 0 Å². The molecule has 0 radical (unpaired) electrons. The van der Waals surface area contributed by atoms with Crippen LogP contribution in [0, 0.1) is 0 Å². The molecule has 3 unspecified atom stereocenters. The van der Waals surface area contributed by atoms with Crippen LogP contribution >= 0.6 is 7.82 Å². The van der Waals surface area contributed by atoms with Gasteiger partial charge in [0.05, 0.1) is 39.9 Å². The van der Waals surface area contributed by atoms with Crippen LogP contribution in [0.5, 0.6) is 0 Å². The molecule has 0 aromatic rings. The standard InChI is InChI=1S/C40H79N2O6P/c1-6-8-10-12-14-16-18-20-22-23-25-27-29-31-33-39(43)38(37-48-49(45,46)47-36-35-42(3,4)5)41-40(44)34-32-30-28-26-24-21-19-17-15-13-11-9-7-2/h23,25,31,33,38-39,43H,6-22,24,26-30,32,34-37H2,1-5H3,(H-,41,44,45,46)/b25-23+,33-31+. The van der Waals surface area contributed by atoms with Gasteiger partial charge >= 0.3 is 0 Å². The Morgan fingerprint density at radius 2 is 1.14 bits per heavy atom. The van der Waals surface area contributed by atoms with Gasteiger partial charge in [-0.3, -0.25) is 9.36 Å². The number of hydrogen-bond acceptors (Lipinski definition) is 6. The number of carbonyl (C=O) groups is 1. The molecule has 0 rings (SSSR count). The van der Waals surface area contributed by atoms with Crippen LogP contribution in [0.15, 0.2) is 24.3 Å². The predicted octanol–water partition coefficient (Wildman–Crippen LogP) is 9.94. The summed E-state index contributed by atoms with van der Waals surface area (Å²) in [5, 5.41) is 13.7. The zero-order valence-electron chi connectivity index (χ0n) is 32.6. The fourth-order valence-electron chi connectivity index (χ4n) is 5.64. The molecule has 0 aliphatic carbocycles. The van der Waals surface area contributed by atoms with E-state index in [2.05, 4.69) is 31.3 Å². The van der Waals surface area contributed by atoms with E-state index in [-0.39, 0.29) is 19.1 Å². The minimum absolute atomic E-state index is 0.00459. The molecule has 2 N–H and O–H groups in total. The molecule has 0 heterocycles. The summed E-state index contributed by atoms with van der Waals surface area (Å²) in [6.45, 7) is 4.60. The first kappa shape index (κ1) is 48.0. The van der Waals surface area contributed by atoms with Crippen molar-refractivity contribution >= 4 is 13.7 Å². The first-order valence-electron chi connectivity index (χ1n) is 20.2. The quantitative estimate of drug-likeness (QED) is 0.0290. The van der Waals surface area contributed by atoms with Crippen molar-refractivity contribution in [1.29, 1.82) is 0 Å². The number of nitrogens with zero attached hydrogens (tertiary/aromatic N) is 1. The smallest absolute Gasteiger partial charge is 0.268 e. The number of aliphatic hydroxyl groups excluding tert-OH is 1. The van der Waals surface area contributed by atoms with Gasteiger partial charge in [0.25, 0.3) is 7.82 Å². The summed E-state index contributed by atoms with van der Waals surface area (Å²) in [5.74, 6) is -0.209. The first-order valence-corrected chi connectivity index (χ1v) is 21.7. The van der Waals surface area contributed by atoms with Crippen molar-refractivity contribution in [2.75, 3.05) is 40.9 Å². The van der Waals surface area contributed by atoms with Crippen molar-refractivity contribution < 1.29 is 32.9 Å². The molecule has 49 heavy (non-hydrogen) atoms. The Kier molecular flexibility index (Phi) is 32.2. The van der Waals surface area contributed by atoms with Gasteiger partial charge in [0, 0.05) is 6.42 Å². The minimum atomic E-state index is -4.58. The lowest BCUT2D eigenvalue weighted by atomic mass is 10.0. The van der Waals surface area contributed by atoms with Gasteiger partial charge in [-0.2, -0.15) is 0 Å². The second-order valence-corrected chi connectivity index (χ2v) is 16.4. The number of rotatable bonds is 36. The number of phosphoric acid groups is 1. The number of phosphoric ester groups is 1. The minimum Gasteiger partial charge on any atom is -0.756 e. The molecule has 0 aromatic heterocycles. The molecule has 1 amide bonds. The summed E-state index contributed by atoms with van der Waals surface area (Å²) < 4.78 is 23.1. The molecule has 0 saturated carbocycles. The van der Waals surface area contributed by atoms with Crippen LogP contribution in [-0.4, -0.2) is 68.5 Å². The van der Waals surface area contributed by atoms with Crippen molar-refractivity contribution in [3.8, 4) is 0 Å². The van der Waals surface area contributed by atoms with E-state index < -0.39 is 20.0 Å². The zero-order valence-corrected chi connectivity index (χ0v) is 33.5. The van der Waals surface area contributed by atoms with Crippen molar-refractivity contribution in [2.45, 2.75) is 187 Å².